The van der Waals surface area contributed by atoms with Crippen LogP contribution in [0.4, 0.5) is 0 Å². The number of hydrogen-bond donors (Lipinski definition) is 0. The molecule has 1 fully saturated rings. The van der Waals surface area contributed by atoms with E-state index in [1.165, 1.54) is 0 Å². The number of para-hydroxylation sites is 2. The van der Waals surface area contributed by atoms with Crippen LogP contribution in [0.2, 0.25) is 0 Å². The van der Waals surface area contributed by atoms with Crippen molar-refractivity contribution < 1.29 is 0 Å². The molecule has 5 rings (SSSR count). The van der Waals surface area contributed by atoms with Crippen molar-refractivity contribution in [2.75, 3.05) is 26.2 Å². The summed E-state index contributed by atoms with van der Waals surface area (Å²) in [6.45, 7) is 3.60. The average molecular weight is 426 g/mol. The van der Waals surface area contributed by atoms with Gasteiger partial charge in [-0.1, -0.05) is 36.4 Å². The minimum atomic E-state index is 0.700. The zero-order valence-electron chi connectivity index (χ0n) is 17.4. The molecule has 0 unspecified atom stereocenters. The molecular formula is C22H22N10. The SMILES string of the molecule is C(=CN1CCN(C=Cc2nnnn2-c2ccccc2)CC1)c1nnnn1-c1ccccc1. The minimum absolute atomic E-state index is 0.700. The van der Waals surface area contributed by atoms with Crippen LogP contribution in [0.25, 0.3) is 23.5 Å². The molecule has 0 aliphatic carbocycles. The van der Waals surface area contributed by atoms with E-state index in [1.54, 1.807) is 9.36 Å². The number of benzene rings is 2. The van der Waals surface area contributed by atoms with Gasteiger partial charge in [0.2, 0.25) is 0 Å². The Kier molecular flexibility index (Phi) is 5.64. The zero-order valence-corrected chi connectivity index (χ0v) is 17.4. The Hall–Kier alpha value is -4.34. The molecule has 2 aromatic carbocycles. The minimum Gasteiger partial charge on any atom is -0.374 e. The number of piperazine rings is 1. The first-order valence-electron chi connectivity index (χ1n) is 10.4. The topological polar surface area (TPSA) is 93.7 Å². The van der Waals surface area contributed by atoms with Gasteiger partial charge in [0.05, 0.1) is 11.4 Å². The molecule has 1 saturated heterocycles. The second-order valence-electron chi connectivity index (χ2n) is 7.27. The van der Waals surface area contributed by atoms with Crippen molar-refractivity contribution in [3.05, 3.63) is 84.7 Å². The lowest BCUT2D eigenvalue weighted by Gasteiger charge is -2.33. The van der Waals surface area contributed by atoms with E-state index in [-0.39, 0.29) is 0 Å². The van der Waals surface area contributed by atoms with Gasteiger partial charge < -0.3 is 9.80 Å². The van der Waals surface area contributed by atoms with Crippen molar-refractivity contribution in [1.29, 1.82) is 0 Å². The van der Waals surface area contributed by atoms with Crippen molar-refractivity contribution in [3.63, 3.8) is 0 Å². The zero-order chi connectivity index (χ0) is 21.6. The van der Waals surface area contributed by atoms with Crippen LogP contribution in [0, 0.1) is 0 Å². The fourth-order valence-electron chi connectivity index (χ4n) is 3.48. The summed E-state index contributed by atoms with van der Waals surface area (Å²) in [7, 11) is 0. The molecule has 3 heterocycles. The maximum Gasteiger partial charge on any atom is 0.181 e. The lowest BCUT2D eigenvalue weighted by atomic mass is 10.3. The molecule has 0 atom stereocenters. The summed E-state index contributed by atoms with van der Waals surface area (Å²) in [5, 5.41) is 24.1. The third-order valence-corrected chi connectivity index (χ3v) is 5.21. The lowest BCUT2D eigenvalue weighted by molar-refractivity contribution is 0.220. The van der Waals surface area contributed by atoms with Gasteiger partial charge >= 0.3 is 0 Å². The van der Waals surface area contributed by atoms with Crippen LogP contribution in [0.1, 0.15) is 11.6 Å². The first-order valence-corrected chi connectivity index (χ1v) is 10.4. The van der Waals surface area contributed by atoms with Gasteiger partial charge in [0.15, 0.2) is 11.6 Å². The molecule has 32 heavy (non-hydrogen) atoms. The molecule has 0 radical (unpaired) electrons. The molecular weight excluding hydrogens is 404 g/mol. The molecule has 0 N–H and O–H groups in total. The van der Waals surface area contributed by atoms with Crippen LogP contribution in [0.3, 0.4) is 0 Å². The summed E-state index contributed by atoms with van der Waals surface area (Å²) >= 11 is 0. The van der Waals surface area contributed by atoms with Gasteiger partial charge in [-0.15, -0.1) is 10.2 Å². The van der Waals surface area contributed by atoms with Crippen molar-refractivity contribution >= 4 is 12.2 Å². The summed E-state index contributed by atoms with van der Waals surface area (Å²) in [5.74, 6) is 1.40. The number of nitrogens with zero attached hydrogens (tertiary/aromatic N) is 10. The molecule has 1 aliphatic heterocycles. The highest BCUT2D eigenvalue weighted by molar-refractivity contribution is 5.45. The Morgan fingerprint density at radius 2 is 0.969 bits per heavy atom. The van der Waals surface area contributed by atoms with E-state index in [0.29, 0.717) is 11.6 Å². The highest BCUT2D eigenvalue weighted by atomic mass is 15.5. The van der Waals surface area contributed by atoms with Gasteiger partial charge in [-0.3, -0.25) is 0 Å². The highest BCUT2D eigenvalue weighted by Gasteiger charge is 2.13. The molecule has 0 amide bonds. The third kappa shape index (κ3) is 4.38. The van der Waals surface area contributed by atoms with E-state index < -0.39 is 0 Å². The van der Waals surface area contributed by atoms with Crippen molar-refractivity contribution in [1.82, 2.24) is 50.2 Å². The van der Waals surface area contributed by atoms with Crippen LogP contribution in [0.5, 0.6) is 0 Å². The Morgan fingerprint density at radius 1 is 0.562 bits per heavy atom. The second-order valence-corrected chi connectivity index (χ2v) is 7.27. The Morgan fingerprint density at radius 3 is 1.38 bits per heavy atom. The van der Waals surface area contributed by atoms with Crippen LogP contribution < -0.4 is 0 Å². The van der Waals surface area contributed by atoms with E-state index in [4.69, 9.17) is 0 Å². The average Bonchev–Trinajstić information content (AvgIpc) is 3.53. The standard InChI is InChI=1S/C22H22N10/c1-3-7-19(8-4-1)31-21(23-25-27-31)11-13-29-15-17-30(18-16-29)14-12-22-24-26-28-32(22)20-9-5-2-6-10-20/h1-14H,15-18H2. The number of tetrazole rings is 2. The summed E-state index contributed by atoms with van der Waals surface area (Å²) in [5.41, 5.74) is 1.87. The Labute approximate surface area is 185 Å². The maximum atomic E-state index is 4.13. The molecule has 4 aromatic rings. The highest BCUT2D eigenvalue weighted by Crippen LogP contribution is 2.11. The molecule has 2 aromatic heterocycles. The summed E-state index contributed by atoms with van der Waals surface area (Å²) in [6.07, 6.45) is 8.02. The normalized spacial score (nSPS) is 14.6. The molecule has 0 saturated carbocycles. The van der Waals surface area contributed by atoms with Crippen LogP contribution in [0.15, 0.2) is 73.1 Å². The largest absolute Gasteiger partial charge is 0.374 e. The van der Waals surface area contributed by atoms with Crippen molar-refractivity contribution in [3.8, 4) is 11.4 Å². The number of aromatic nitrogens is 8. The molecule has 160 valence electrons. The van der Waals surface area contributed by atoms with E-state index in [0.717, 1.165) is 37.6 Å². The Balaban J connectivity index is 1.18. The molecule has 0 spiro atoms. The van der Waals surface area contributed by atoms with Crippen LogP contribution in [-0.4, -0.2) is 76.4 Å². The van der Waals surface area contributed by atoms with E-state index in [9.17, 15) is 0 Å². The second kappa shape index (κ2) is 9.21. The maximum absolute atomic E-state index is 4.13. The predicted octanol–water partition coefficient (Wildman–Crippen LogP) is 1.90. The quantitative estimate of drug-likeness (QED) is 0.462. The third-order valence-electron chi connectivity index (χ3n) is 5.21. The van der Waals surface area contributed by atoms with Crippen molar-refractivity contribution in [2.45, 2.75) is 0 Å². The fourth-order valence-corrected chi connectivity index (χ4v) is 3.48. The number of hydrogen-bond acceptors (Lipinski definition) is 8. The van der Waals surface area contributed by atoms with Crippen LogP contribution >= 0.6 is 0 Å². The summed E-state index contributed by atoms with van der Waals surface area (Å²) < 4.78 is 3.46. The van der Waals surface area contributed by atoms with Gasteiger partial charge in [-0.05, 0) is 45.1 Å². The molecule has 0 bridgehead atoms. The summed E-state index contributed by atoms with van der Waals surface area (Å²) in [4.78, 5) is 4.53. The first kappa shape index (κ1) is 19.6. The lowest BCUT2D eigenvalue weighted by Crippen LogP contribution is -2.41. The Bertz CT molecular complexity index is 1090. The van der Waals surface area contributed by atoms with Gasteiger partial charge in [-0.25, -0.2) is 0 Å². The van der Waals surface area contributed by atoms with Crippen LogP contribution in [-0.2, 0) is 0 Å². The van der Waals surface area contributed by atoms with E-state index in [1.807, 2.05) is 72.8 Å². The number of rotatable bonds is 6. The predicted molar refractivity (Wildman–Crippen MR) is 120 cm³/mol. The summed E-state index contributed by atoms with van der Waals surface area (Å²) in [6, 6.07) is 19.7. The molecule has 10 heteroatoms. The van der Waals surface area contributed by atoms with Gasteiger partial charge in [0.25, 0.3) is 0 Å². The van der Waals surface area contributed by atoms with E-state index >= 15 is 0 Å². The van der Waals surface area contributed by atoms with Gasteiger partial charge in [0, 0.05) is 50.7 Å². The van der Waals surface area contributed by atoms with Crippen molar-refractivity contribution in [2.24, 2.45) is 0 Å². The van der Waals surface area contributed by atoms with Gasteiger partial charge in [0.1, 0.15) is 0 Å². The van der Waals surface area contributed by atoms with Gasteiger partial charge in [-0.2, -0.15) is 9.36 Å². The van der Waals surface area contributed by atoms with E-state index in [2.05, 4.69) is 53.3 Å². The molecule has 10 nitrogen and oxygen atoms in total. The fraction of sp³-hybridized carbons (Fsp3) is 0.182. The smallest absolute Gasteiger partial charge is 0.181 e. The molecule has 1 aliphatic rings. The first-order chi connectivity index (χ1) is 15.9. The monoisotopic (exact) mass is 426 g/mol.